The van der Waals surface area contributed by atoms with E-state index in [1.54, 1.807) is 7.11 Å². The lowest BCUT2D eigenvalue weighted by molar-refractivity contribution is -0.314. The van der Waals surface area contributed by atoms with E-state index in [9.17, 15) is 20.1 Å². The Labute approximate surface area is 352 Å². The molecule has 12 atom stereocenters. The number of hydrogen-bond donors (Lipinski definition) is 3. The molecule has 6 aliphatic carbocycles. The number of ether oxygens (including phenoxy) is 2. The third-order valence-electron chi connectivity index (χ3n) is 20.8. The van der Waals surface area contributed by atoms with Crippen molar-refractivity contribution >= 4 is 5.97 Å². The number of unbranched alkanes of at least 4 members (excludes halogenated alkanes) is 2. The van der Waals surface area contributed by atoms with Crippen molar-refractivity contribution in [2.45, 2.75) is 201 Å². The van der Waals surface area contributed by atoms with Crippen LogP contribution in [-0.2, 0) is 27.1 Å². The number of rotatable bonds is 15. The molecule has 1 heterocycles. The summed E-state index contributed by atoms with van der Waals surface area (Å²) in [4.78, 5) is 13.1. The first kappa shape index (κ1) is 43.2. The number of fused-ring (bicyclic) bond motifs is 7. The van der Waals surface area contributed by atoms with Gasteiger partial charge in [-0.25, -0.2) is 0 Å². The van der Waals surface area contributed by atoms with E-state index in [0.717, 1.165) is 83.0 Å². The average molecular weight is 803 g/mol. The van der Waals surface area contributed by atoms with Gasteiger partial charge in [-0.3, -0.25) is 4.79 Å². The van der Waals surface area contributed by atoms with E-state index in [-0.39, 0.29) is 51.1 Å². The van der Waals surface area contributed by atoms with Crippen molar-refractivity contribution in [2.24, 2.45) is 61.6 Å². The van der Waals surface area contributed by atoms with E-state index in [1.807, 2.05) is 0 Å². The quantitative estimate of drug-likeness (QED) is 0.153. The standard InChI is InChI=1S/C52H82O6/c1-7-13-41-51-24-21-40-47(4)28-27-45(2)25-26-46(3,44(54)55)35-42(45)49(47,23-12-8-9-14-37-15-10-11-16-37)30-29-48(40,5)50(51,36-53)31-32-52(41,56)58-43(51)34-39-19-17-38(18-20-39)22-33-57-6/h17-20,37,40-43,53,56H,7-16,21-36H2,1-6H3,(H,54,55). The van der Waals surface area contributed by atoms with E-state index in [0.29, 0.717) is 24.9 Å². The molecule has 8 rings (SSSR count). The van der Waals surface area contributed by atoms with E-state index >= 15 is 0 Å². The summed E-state index contributed by atoms with van der Waals surface area (Å²) < 4.78 is 12.5. The Bertz CT molecular complexity index is 1620. The number of carboxylic acid groups (broad SMARTS) is 1. The predicted molar refractivity (Wildman–Crippen MR) is 231 cm³/mol. The molecule has 1 saturated heterocycles. The van der Waals surface area contributed by atoms with Crippen molar-refractivity contribution in [1.29, 1.82) is 0 Å². The highest BCUT2D eigenvalue weighted by atomic mass is 16.6. The Morgan fingerprint density at radius 1 is 0.810 bits per heavy atom. The van der Waals surface area contributed by atoms with Crippen LogP contribution in [0.25, 0.3) is 0 Å². The van der Waals surface area contributed by atoms with Gasteiger partial charge in [-0.1, -0.05) is 110 Å². The summed E-state index contributed by atoms with van der Waals surface area (Å²) in [6.07, 6.45) is 26.3. The molecule has 7 aliphatic rings. The maximum atomic E-state index is 13.1. The molecule has 1 aliphatic heterocycles. The van der Waals surface area contributed by atoms with Crippen molar-refractivity contribution < 1.29 is 29.6 Å². The molecule has 58 heavy (non-hydrogen) atoms. The summed E-state index contributed by atoms with van der Waals surface area (Å²) in [5.74, 6) is 0.0106. The zero-order chi connectivity index (χ0) is 41.2. The SMILES string of the molecule is CCCC1C2(O)CCC3(CO)C4(C)CCC5(CCCCCC6CCCC6)C6CC(C)(C(=O)O)CCC6(C)CCC5(C)C4CCC13C(Cc1ccc(CCOC)cc1)O2. The molecule has 12 unspecified atom stereocenters. The number of benzene rings is 1. The number of carbonyl (C=O) groups is 1. The first-order valence-electron chi connectivity index (χ1n) is 24.5. The van der Waals surface area contributed by atoms with Crippen molar-refractivity contribution in [3.05, 3.63) is 35.4 Å². The van der Waals surface area contributed by atoms with Crippen LogP contribution < -0.4 is 0 Å². The smallest absolute Gasteiger partial charge is 0.309 e. The third-order valence-corrected chi connectivity index (χ3v) is 20.8. The summed E-state index contributed by atoms with van der Waals surface area (Å²) in [5, 5.41) is 35.7. The highest BCUT2D eigenvalue weighted by Gasteiger charge is 2.82. The van der Waals surface area contributed by atoms with Crippen LogP contribution in [0.5, 0.6) is 0 Å². The van der Waals surface area contributed by atoms with Gasteiger partial charge in [0, 0.05) is 36.9 Å². The second-order valence-electron chi connectivity index (χ2n) is 22.9. The molecule has 1 aromatic rings. The Morgan fingerprint density at radius 3 is 2.21 bits per heavy atom. The minimum Gasteiger partial charge on any atom is -0.481 e. The predicted octanol–water partition coefficient (Wildman–Crippen LogP) is 11.7. The van der Waals surface area contributed by atoms with Crippen LogP contribution in [0.2, 0.25) is 0 Å². The third kappa shape index (κ3) is 6.30. The van der Waals surface area contributed by atoms with E-state index < -0.39 is 17.2 Å². The fraction of sp³-hybridized carbons (Fsp3) is 0.865. The maximum Gasteiger partial charge on any atom is 0.309 e. The lowest BCUT2D eigenvalue weighted by Gasteiger charge is -2.78. The summed E-state index contributed by atoms with van der Waals surface area (Å²) in [6.45, 7) is 13.0. The largest absolute Gasteiger partial charge is 0.481 e. The van der Waals surface area contributed by atoms with Crippen molar-refractivity contribution in [2.75, 3.05) is 20.3 Å². The molecular weight excluding hydrogens is 721 g/mol. The minimum absolute atomic E-state index is 0.00160. The highest BCUT2D eigenvalue weighted by molar-refractivity contribution is 5.74. The van der Waals surface area contributed by atoms with Gasteiger partial charge in [0.15, 0.2) is 5.79 Å². The number of aliphatic hydroxyl groups excluding tert-OH is 1. The van der Waals surface area contributed by atoms with Crippen LogP contribution in [0, 0.1) is 61.6 Å². The summed E-state index contributed by atoms with van der Waals surface area (Å²) in [6, 6.07) is 8.99. The van der Waals surface area contributed by atoms with Crippen LogP contribution in [0.3, 0.4) is 0 Å². The van der Waals surface area contributed by atoms with E-state index in [2.05, 4.69) is 58.9 Å². The van der Waals surface area contributed by atoms with Gasteiger partial charge >= 0.3 is 5.97 Å². The normalized spacial score (nSPS) is 45.9. The van der Waals surface area contributed by atoms with E-state index in [1.165, 1.54) is 81.8 Å². The van der Waals surface area contributed by atoms with Gasteiger partial charge in [0.05, 0.1) is 18.1 Å². The number of hydrogen-bond acceptors (Lipinski definition) is 5. The molecule has 6 heteroatoms. The summed E-state index contributed by atoms with van der Waals surface area (Å²) >= 11 is 0. The summed E-state index contributed by atoms with van der Waals surface area (Å²) in [5.41, 5.74) is 1.36. The van der Waals surface area contributed by atoms with Gasteiger partial charge < -0.3 is 24.8 Å². The topological polar surface area (TPSA) is 96.2 Å². The second kappa shape index (κ2) is 15.7. The molecule has 0 radical (unpaired) electrons. The molecule has 6 saturated carbocycles. The molecule has 0 amide bonds. The van der Waals surface area contributed by atoms with Crippen LogP contribution in [0.15, 0.2) is 24.3 Å². The number of aliphatic hydroxyl groups is 2. The van der Waals surface area contributed by atoms with Crippen LogP contribution >= 0.6 is 0 Å². The van der Waals surface area contributed by atoms with Crippen molar-refractivity contribution in [3.63, 3.8) is 0 Å². The van der Waals surface area contributed by atoms with Crippen molar-refractivity contribution in [3.8, 4) is 0 Å². The lowest BCUT2D eigenvalue weighted by atomic mass is 9.26. The first-order chi connectivity index (χ1) is 27.6. The molecular formula is C52H82O6. The number of aliphatic carboxylic acids is 1. The van der Waals surface area contributed by atoms with Crippen molar-refractivity contribution in [1.82, 2.24) is 0 Å². The van der Waals surface area contributed by atoms with Crippen LogP contribution in [0.1, 0.15) is 187 Å². The van der Waals surface area contributed by atoms with Gasteiger partial charge in [-0.2, -0.15) is 0 Å². The zero-order valence-corrected chi connectivity index (χ0v) is 37.6. The van der Waals surface area contributed by atoms with E-state index in [4.69, 9.17) is 9.47 Å². The first-order valence-corrected chi connectivity index (χ1v) is 24.5. The highest BCUT2D eigenvalue weighted by Crippen LogP contribution is 2.84. The van der Waals surface area contributed by atoms with Gasteiger partial charge in [0.25, 0.3) is 0 Å². The van der Waals surface area contributed by atoms with Crippen LogP contribution in [-0.4, -0.2) is 53.5 Å². The molecule has 0 aromatic heterocycles. The Balaban J connectivity index is 1.17. The van der Waals surface area contributed by atoms with Gasteiger partial charge in [-0.05, 0) is 147 Å². The van der Waals surface area contributed by atoms with Gasteiger partial charge in [0.2, 0.25) is 0 Å². The molecule has 2 bridgehead atoms. The zero-order valence-electron chi connectivity index (χ0n) is 37.6. The molecule has 1 spiro atoms. The Hall–Kier alpha value is -1.47. The minimum atomic E-state index is -1.15. The fourth-order valence-electron chi connectivity index (χ4n) is 17.6. The Morgan fingerprint density at radius 2 is 1.52 bits per heavy atom. The maximum absolute atomic E-state index is 13.1. The molecule has 6 nitrogen and oxygen atoms in total. The summed E-state index contributed by atoms with van der Waals surface area (Å²) in [7, 11) is 1.75. The molecule has 3 N–H and O–H groups in total. The lowest BCUT2D eigenvalue weighted by Crippen LogP contribution is -2.74. The van der Waals surface area contributed by atoms with Gasteiger partial charge in [-0.15, -0.1) is 0 Å². The number of carboxylic acids is 1. The van der Waals surface area contributed by atoms with Crippen LogP contribution in [0.4, 0.5) is 0 Å². The number of methoxy groups -OCH3 is 1. The molecule has 7 fully saturated rings. The van der Waals surface area contributed by atoms with Gasteiger partial charge in [0.1, 0.15) is 0 Å². The molecule has 326 valence electrons. The second-order valence-corrected chi connectivity index (χ2v) is 22.9. The monoisotopic (exact) mass is 803 g/mol. The fourth-order valence-corrected chi connectivity index (χ4v) is 17.6. The average Bonchev–Trinajstić information content (AvgIpc) is 3.77. The Kier molecular flexibility index (Phi) is 11.7. The molecule has 1 aromatic carbocycles.